The quantitative estimate of drug-likeness (QED) is 0.548. The summed E-state index contributed by atoms with van der Waals surface area (Å²) in [6.07, 6.45) is 1.47. The van der Waals surface area contributed by atoms with Gasteiger partial charge in [0.25, 0.3) is 5.91 Å². The van der Waals surface area contributed by atoms with Crippen LogP contribution < -0.4 is 10.7 Å². The minimum atomic E-state index is -0.452. The predicted octanol–water partition coefficient (Wildman–Crippen LogP) is 3.93. The van der Waals surface area contributed by atoms with E-state index in [0.29, 0.717) is 5.56 Å². The molecule has 0 fully saturated rings. The predicted molar refractivity (Wildman–Crippen MR) is 99.2 cm³/mol. The summed E-state index contributed by atoms with van der Waals surface area (Å²) in [5.41, 5.74) is 4.05. The second kappa shape index (κ2) is 7.57. The molecular weight excluding hydrogens is 317 g/mol. The van der Waals surface area contributed by atoms with Crippen molar-refractivity contribution in [2.45, 2.75) is 13.0 Å². The van der Waals surface area contributed by atoms with Crippen LogP contribution in [0.1, 0.15) is 12.5 Å². The van der Waals surface area contributed by atoms with Crippen LogP contribution in [-0.4, -0.2) is 18.2 Å². The maximum atomic E-state index is 12.8. The van der Waals surface area contributed by atoms with Crippen molar-refractivity contribution in [3.8, 4) is 0 Å². The molecule has 2 N–H and O–H groups in total. The smallest absolute Gasteiger partial charge is 0.262 e. The van der Waals surface area contributed by atoms with Crippen molar-refractivity contribution in [3.63, 3.8) is 0 Å². The Morgan fingerprint density at radius 3 is 2.52 bits per heavy atom. The van der Waals surface area contributed by atoms with Gasteiger partial charge in [-0.15, -0.1) is 0 Å². The van der Waals surface area contributed by atoms with E-state index in [9.17, 15) is 9.18 Å². The number of carbonyl (C=O) groups is 1. The van der Waals surface area contributed by atoms with Crippen molar-refractivity contribution >= 4 is 28.6 Å². The third-order valence-electron chi connectivity index (χ3n) is 3.78. The molecule has 0 aromatic heterocycles. The fourth-order valence-electron chi connectivity index (χ4n) is 2.41. The molecule has 0 saturated carbocycles. The average Bonchev–Trinajstić information content (AvgIpc) is 2.63. The molecule has 0 radical (unpaired) electrons. The van der Waals surface area contributed by atoms with Crippen LogP contribution in [0.2, 0.25) is 0 Å². The van der Waals surface area contributed by atoms with Crippen molar-refractivity contribution < 1.29 is 9.18 Å². The normalized spacial score (nSPS) is 12.2. The van der Waals surface area contributed by atoms with E-state index in [4.69, 9.17) is 0 Å². The fourth-order valence-corrected chi connectivity index (χ4v) is 2.41. The van der Waals surface area contributed by atoms with Crippen LogP contribution in [0.3, 0.4) is 0 Å². The first kappa shape index (κ1) is 16.6. The summed E-state index contributed by atoms with van der Waals surface area (Å²) in [6, 6.07) is 19.4. The Morgan fingerprint density at radius 1 is 1.04 bits per heavy atom. The maximum absolute atomic E-state index is 12.8. The van der Waals surface area contributed by atoms with Crippen molar-refractivity contribution in [3.05, 3.63) is 78.1 Å². The third kappa shape index (κ3) is 4.41. The van der Waals surface area contributed by atoms with Crippen LogP contribution in [-0.2, 0) is 4.79 Å². The minimum absolute atomic E-state index is 0.258. The van der Waals surface area contributed by atoms with E-state index >= 15 is 0 Å². The molecule has 3 rings (SSSR count). The standard InChI is InChI=1S/C20H18FN3O/c1-14(20(25)24-22-13-15-6-9-18(21)10-7-15)23-19-11-8-16-4-2-3-5-17(16)12-19/h2-14,23H,1H3,(H,24,25)/b22-13-/t14-/m0/s1. The second-order valence-corrected chi connectivity index (χ2v) is 5.71. The molecule has 0 aliphatic carbocycles. The maximum Gasteiger partial charge on any atom is 0.262 e. The van der Waals surface area contributed by atoms with Crippen LogP contribution in [0.15, 0.2) is 71.8 Å². The molecule has 3 aromatic carbocycles. The molecule has 3 aromatic rings. The number of hydrogen-bond donors (Lipinski definition) is 2. The molecule has 0 bridgehead atoms. The van der Waals surface area contributed by atoms with E-state index < -0.39 is 6.04 Å². The molecule has 0 spiro atoms. The number of rotatable bonds is 5. The molecule has 0 aliphatic rings. The zero-order valence-corrected chi connectivity index (χ0v) is 13.7. The van der Waals surface area contributed by atoms with Crippen molar-refractivity contribution in [2.75, 3.05) is 5.32 Å². The number of fused-ring (bicyclic) bond motifs is 1. The van der Waals surface area contributed by atoms with Gasteiger partial charge in [0, 0.05) is 5.69 Å². The highest BCUT2D eigenvalue weighted by atomic mass is 19.1. The summed E-state index contributed by atoms with van der Waals surface area (Å²) in [5.74, 6) is -0.569. The Labute approximate surface area is 145 Å². The van der Waals surface area contributed by atoms with Crippen molar-refractivity contribution in [1.82, 2.24) is 5.43 Å². The molecule has 5 heteroatoms. The van der Waals surface area contributed by atoms with E-state index in [1.54, 1.807) is 19.1 Å². The molecule has 0 saturated heterocycles. The summed E-state index contributed by atoms with van der Waals surface area (Å²) in [5, 5.41) is 9.30. The number of hydrazone groups is 1. The highest BCUT2D eigenvalue weighted by Crippen LogP contribution is 2.19. The van der Waals surface area contributed by atoms with E-state index in [1.807, 2.05) is 42.5 Å². The monoisotopic (exact) mass is 335 g/mol. The van der Waals surface area contributed by atoms with Crippen LogP contribution in [0.5, 0.6) is 0 Å². The lowest BCUT2D eigenvalue weighted by Gasteiger charge is -2.14. The molecular formula is C20H18FN3O. The highest BCUT2D eigenvalue weighted by molar-refractivity contribution is 5.89. The number of carbonyl (C=O) groups excluding carboxylic acids is 1. The Balaban J connectivity index is 1.58. The van der Waals surface area contributed by atoms with Gasteiger partial charge in [-0.25, -0.2) is 9.82 Å². The third-order valence-corrected chi connectivity index (χ3v) is 3.78. The number of nitrogens with zero attached hydrogens (tertiary/aromatic N) is 1. The number of nitrogens with one attached hydrogen (secondary N) is 2. The Morgan fingerprint density at radius 2 is 1.76 bits per heavy atom. The second-order valence-electron chi connectivity index (χ2n) is 5.71. The van der Waals surface area contributed by atoms with E-state index in [0.717, 1.165) is 16.5 Å². The molecule has 126 valence electrons. The number of amides is 1. The lowest BCUT2D eigenvalue weighted by Crippen LogP contribution is -2.34. The Hall–Kier alpha value is -3.21. The minimum Gasteiger partial charge on any atom is -0.374 e. The highest BCUT2D eigenvalue weighted by Gasteiger charge is 2.11. The van der Waals surface area contributed by atoms with Crippen LogP contribution in [0.4, 0.5) is 10.1 Å². The fraction of sp³-hybridized carbons (Fsp3) is 0.100. The van der Waals surface area contributed by atoms with Gasteiger partial charge in [-0.3, -0.25) is 4.79 Å². The van der Waals surface area contributed by atoms with Gasteiger partial charge in [0.05, 0.1) is 6.21 Å². The largest absolute Gasteiger partial charge is 0.374 e. The lowest BCUT2D eigenvalue weighted by atomic mass is 10.1. The summed E-state index contributed by atoms with van der Waals surface area (Å²) < 4.78 is 12.8. The summed E-state index contributed by atoms with van der Waals surface area (Å²) in [7, 11) is 0. The molecule has 1 amide bonds. The van der Waals surface area contributed by atoms with Gasteiger partial charge >= 0.3 is 0 Å². The van der Waals surface area contributed by atoms with Crippen LogP contribution in [0, 0.1) is 5.82 Å². The van der Waals surface area contributed by atoms with E-state index in [1.165, 1.54) is 18.3 Å². The molecule has 4 nitrogen and oxygen atoms in total. The van der Waals surface area contributed by atoms with E-state index in [-0.39, 0.29) is 11.7 Å². The van der Waals surface area contributed by atoms with Gasteiger partial charge in [-0.05, 0) is 47.5 Å². The van der Waals surface area contributed by atoms with Crippen LogP contribution in [0.25, 0.3) is 10.8 Å². The van der Waals surface area contributed by atoms with Gasteiger partial charge < -0.3 is 5.32 Å². The van der Waals surface area contributed by atoms with Crippen molar-refractivity contribution in [1.29, 1.82) is 0 Å². The van der Waals surface area contributed by atoms with Gasteiger partial charge in [-0.1, -0.05) is 42.5 Å². The Kier molecular flexibility index (Phi) is 5.04. The van der Waals surface area contributed by atoms with Crippen LogP contribution >= 0.6 is 0 Å². The molecule has 1 atom stereocenters. The molecule has 0 unspecified atom stereocenters. The lowest BCUT2D eigenvalue weighted by molar-refractivity contribution is -0.121. The van der Waals surface area contributed by atoms with Gasteiger partial charge in [0.2, 0.25) is 0 Å². The number of halogens is 1. The van der Waals surface area contributed by atoms with Gasteiger partial charge in [-0.2, -0.15) is 5.10 Å². The van der Waals surface area contributed by atoms with Crippen molar-refractivity contribution in [2.24, 2.45) is 5.10 Å². The number of anilines is 1. The summed E-state index contributed by atoms with van der Waals surface area (Å²) in [4.78, 5) is 12.1. The van der Waals surface area contributed by atoms with Gasteiger partial charge in [0.15, 0.2) is 0 Å². The average molecular weight is 335 g/mol. The molecule has 0 heterocycles. The zero-order chi connectivity index (χ0) is 17.6. The topological polar surface area (TPSA) is 53.5 Å². The first-order valence-electron chi connectivity index (χ1n) is 7.96. The molecule has 25 heavy (non-hydrogen) atoms. The summed E-state index contributed by atoms with van der Waals surface area (Å²) >= 11 is 0. The first-order chi connectivity index (χ1) is 12.1. The molecule has 0 aliphatic heterocycles. The zero-order valence-electron chi connectivity index (χ0n) is 13.7. The Bertz CT molecular complexity index is 906. The first-order valence-corrected chi connectivity index (χ1v) is 7.96. The van der Waals surface area contributed by atoms with E-state index in [2.05, 4.69) is 15.8 Å². The number of benzene rings is 3. The number of hydrogen-bond acceptors (Lipinski definition) is 3. The van der Waals surface area contributed by atoms with Gasteiger partial charge in [0.1, 0.15) is 11.9 Å². The SMILES string of the molecule is C[C@H](Nc1ccc2ccccc2c1)C(=O)N/N=C\c1ccc(F)cc1. The summed E-state index contributed by atoms with van der Waals surface area (Å²) in [6.45, 7) is 1.76.